The number of hydrogen-bond acceptors (Lipinski definition) is 1. The first-order chi connectivity index (χ1) is 7.49. The molecule has 0 aliphatic carbocycles. The van der Waals surface area contributed by atoms with E-state index in [9.17, 15) is 4.79 Å². The van der Waals surface area contributed by atoms with Crippen LogP contribution in [0.25, 0.3) is 6.08 Å². The van der Waals surface area contributed by atoms with Crippen LogP contribution in [-0.2, 0) is 4.79 Å². The highest BCUT2D eigenvalue weighted by molar-refractivity contribution is 6.30. The van der Waals surface area contributed by atoms with Crippen molar-refractivity contribution in [2.75, 3.05) is 0 Å². The Kier molecular flexibility index (Phi) is 4.56. The zero-order chi connectivity index (χ0) is 12.1. The maximum absolute atomic E-state index is 11.0. The molecular weight excluding hydrogens is 224 g/mol. The molecule has 1 rings (SSSR count). The van der Waals surface area contributed by atoms with Gasteiger partial charge in [0.25, 0.3) is 0 Å². The highest BCUT2D eigenvalue weighted by Crippen LogP contribution is 2.17. The Morgan fingerprint density at radius 3 is 2.38 bits per heavy atom. The summed E-state index contributed by atoms with van der Waals surface area (Å²) in [5.74, 6) is -0.529. The van der Waals surface area contributed by atoms with Gasteiger partial charge in [-0.15, -0.1) is 0 Å². The van der Waals surface area contributed by atoms with Crippen molar-refractivity contribution >= 4 is 23.6 Å². The first kappa shape index (κ1) is 12.8. The van der Waals surface area contributed by atoms with Crippen molar-refractivity contribution in [2.45, 2.75) is 20.3 Å². The Morgan fingerprint density at radius 2 is 1.94 bits per heavy atom. The molecule has 0 saturated carbocycles. The zero-order valence-corrected chi connectivity index (χ0v) is 10.2. The number of carboxylic acids is 1. The number of halogens is 1. The third-order valence-electron chi connectivity index (χ3n) is 2.11. The summed E-state index contributed by atoms with van der Waals surface area (Å²) >= 11 is 5.76. The molecule has 0 amide bonds. The second-order valence-electron chi connectivity index (χ2n) is 4.12. The van der Waals surface area contributed by atoms with Crippen molar-refractivity contribution in [1.29, 1.82) is 0 Å². The van der Waals surface area contributed by atoms with E-state index in [1.165, 1.54) is 0 Å². The quantitative estimate of drug-likeness (QED) is 0.809. The highest BCUT2D eigenvalue weighted by atomic mass is 35.5. The monoisotopic (exact) mass is 238 g/mol. The van der Waals surface area contributed by atoms with E-state index in [1.807, 2.05) is 26.0 Å². The molecule has 0 fully saturated rings. The lowest BCUT2D eigenvalue weighted by Crippen LogP contribution is -2.03. The van der Waals surface area contributed by atoms with Crippen LogP contribution in [0.2, 0.25) is 5.02 Å². The Labute approximate surface area is 101 Å². The molecule has 0 saturated heterocycles. The molecular formula is C13H15ClO2. The van der Waals surface area contributed by atoms with Gasteiger partial charge >= 0.3 is 5.97 Å². The van der Waals surface area contributed by atoms with Gasteiger partial charge < -0.3 is 5.11 Å². The average molecular weight is 239 g/mol. The van der Waals surface area contributed by atoms with Gasteiger partial charge in [0, 0.05) is 10.6 Å². The van der Waals surface area contributed by atoms with Crippen LogP contribution in [0.3, 0.4) is 0 Å². The molecule has 0 heterocycles. The van der Waals surface area contributed by atoms with Crippen LogP contribution < -0.4 is 0 Å². The molecule has 16 heavy (non-hydrogen) atoms. The van der Waals surface area contributed by atoms with Gasteiger partial charge in [-0.3, -0.25) is 0 Å². The largest absolute Gasteiger partial charge is 0.478 e. The third-order valence-corrected chi connectivity index (χ3v) is 2.37. The third kappa shape index (κ3) is 4.07. The fourth-order valence-corrected chi connectivity index (χ4v) is 1.53. The maximum atomic E-state index is 11.0. The minimum absolute atomic E-state index is 0.328. The van der Waals surface area contributed by atoms with Gasteiger partial charge in [-0.2, -0.15) is 0 Å². The summed E-state index contributed by atoms with van der Waals surface area (Å²) in [4.78, 5) is 11.0. The van der Waals surface area contributed by atoms with E-state index in [4.69, 9.17) is 16.7 Å². The minimum Gasteiger partial charge on any atom is -0.478 e. The molecule has 1 N–H and O–H groups in total. The van der Waals surface area contributed by atoms with Crippen LogP contribution in [0.5, 0.6) is 0 Å². The van der Waals surface area contributed by atoms with Crippen LogP contribution in [0.15, 0.2) is 29.8 Å². The number of rotatable bonds is 4. The summed E-state index contributed by atoms with van der Waals surface area (Å²) < 4.78 is 0. The van der Waals surface area contributed by atoms with Crippen LogP contribution in [-0.4, -0.2) is 11.1 Å². The van der Waals surface area contributed by atoms with E-state index in [2.05, 4.69) is 0 Å². The topological polar surface area (TPSA) is 37.3 Å². The van der Waals surface area contributed by atoms with Crippen molar-refractivity contribution < 1.29 is 9.90 Å². The minimum atomic E-state index is -0.858. The summed E-state index contributed by atoms with van der Waals surface area (Å²) in [7, 11) is 0. The lowest BCUT2D eigenvalue weighted by Gasteiger charge is -2.05. The van der Waals surface area contributed by atoms with Crippen molar-refractivity contribution in [3.63, 3.8) is 0 Å². The molecule has 2 nitrogen and oxygen atoms in total. The van der Waals surface area contributed by atoms with Crippen molar-refractivity contribution in [3.05, 3.63) is 40.4 Å². The summed E-state index contributed by atoms with van der Waals surface area (Å²) in [6.45, 7) is 4.00. The van der Waals surface area contributed by atoms with E-state index in [-0.39, 0.29) is 0 Å². The van der Waals surface area contributed by atoms with Crippen LogP contribution in [0.4, 0.5) is 0 Å². The van der Waals surface area contributed by atoms with Gasteiger partial charge in [-0.1, -0.05) is 37.6 Å². The van der Waals surface area contributed by atoms with Gasteiger partial charge in [0.05, 0.1) is 0 Å². The fraction of sp³-hybridized carbons (Fsp3) is 0.308. The van der Waals surface area contributed by atoms with Crippen molar-refractivity contribution in [1.82, 2.24) is 0 Å². The van der Waals surface area contributed by atoms with Crippen LogP contribution in [0, 0.1) is 5.92 Å². The molecule has 0 radical (unpaired) electrons. The van der Waals surface area contributed by atoms with Crippen molar-refractivity contribution in [2.24, 2.45) is 5.92 Å². The van der Waals surface area contributed by atoms with Gasteiger partial charge in [0.1, 0.15) is 0 Å². The van der Waals surface area contributed by atoms with Gasteiger partial charge in [0.2, 0.25) is 0 Å². The molecule has 0 bridgehead atoms. The van der Waals surface area contributed by atoms with Gasteiger partial charge in [0.15, 0.2) is 0 Å². The molecule has 0 spiro atoms. The lowest BCUT2D eigenvalue weighted by molar-refractivity contribution is -0.132. The maximum Gasteiger partial charge on any atom is 0.331 e. The molecule has 0 aliphatic rings. The number of aliphatic carboxylic acids is 1. The Balaban J connectivity index is 2.93. The van der Waals surface area contributed by atoms with Gasteiger partial charge in [-0.05, 0) is 36.1 Å². The first-order valence-electron chi connectivity index (χ1n) is 5.18. The number of carboxylic acid groups (broad SMARTS) is 1. The van der Waals surface area contributed by atoms with E-state index in [0.29, 0.717) is 22.9 Å². The van der Waals surface area contributed by atoms with Crippen LogP contribution in [0.1, 0.15) is 25.8 Å². The predicted octanol–water partition coefficient (Wildman–Crippen LogP) is 3.85. The normalized spacial score (nSPS) is 11.9. The summed E-state index contributed by atoms with van der Waals surface area (Å²) in [5, 5.41) is 9.69. The standard InChI is InChI=1S/C13H15ClO2/c1-9(2)7-11(13(15)16)8-10-3-5-12(14)6-4-10/h3-6,8-9H,7H2,1-2H3,(H,15,16)/b11-8-. The smallest absolute Gasteiger partial charge is 0.331 e. The van der Waals surface area contributed by atoms with E-state index in [1.54, 1.807) is 18.2 Å². The number of carbonyl (C=O) groups is 1. The molecule has 0 atom stereocenters. The molecule has 1 aromatic rings. The Hall–Kier alpha value is -1.28. The summed E-state index contributed by atoms with van der Waals surface area (Å²) in [6.07, 6.45) is 2.26. The average Bonchev–Trinajstić information content (AvgIpc) is 2.19. The predicted molar refractivity (Wildman–Crippen MR) is 66.5 cm³/mol. The zero-order valence-electron chi connectivity index (χ0n) is 9.40. The SMILES string of the molecule is CC(C)C/C(=C/c1ccc(Cl)cc1)C(=O)O. The first-order valence-corrected chi connectivity index (χ1v) is 5.56. The van der Waals surface area contributed by atoms with Crippen molar-refractivity contribution in [3.8, 4) is 0 Å². The van der Waals surface area contributed by atoms with E-state index in [0.717, 1.165) is 5.56 Å². The van der Waals surface area contributed by atoms with E-state index >= 15 is 0 Å². The second kappa shape index (κ2) is 5.71. The number of hydrogen-bond donors (Lipinski definition) is 1. The molecule has 0 aliphatic heterocycles. The summed E-state index contributed by atoms with van der Waals surface area (Å²) in [6, 6.07) is 7.13. The number of benzene rings is 1. The molecule has 3 heteroatoms. The molecule has 0 unspecified atom stereocenters. The molecule has 1 aromatic carbocycles. The fourth-order valence-electron chi connectivity index (χ4n) is 1.41. The van der Waals surface area contributed by atoms with Gasteiger partial charge in [-0.25, -0.2) is 4.79 Å². The molecule has 0 aromatic heterocycles. The Bertz CT molecular complexity index is 391. The van der Waals surface area contributed by atoms with E-state index < -0.39 is 5.97 Å². The van der Waals surface area contributed by atoms with Crippen LogP contribution >= 0.6 is 11.6 Å². The molecule has 86 valence electrons. The summed E-state index contributed by atoms with van der Waals surface area (Å²) in [5.41, 5.74) is 1.29. The Morgan fingerprint density at radius 1 is 1.38 bits per heavy atom. The lowest BCUT2D eigenvalue weighted by atomic mass is 10.0. The second-order valence-corrected chi connectivity index (χ2v) is 4.56. The highest BCUT2D eigenvalue weighted by Gasteiger charge is 2.09.